The standard InChI is InChI=1S/C44H71N11O13S/c1-21(2)15-29(52-38(61)27(45)18-33(46)57)41(64)53-30(16-22(3)4)42(65)54-32(19-34(47)58)43(66)50-28(13-14-69-8)40(63)49-24(7)37(60)51-31(17-25-9-11-26(56)12-10-25)39(62)48-20-35(59)55-36(23(5)6)44(67)68/h9-12,21-24,27-32,36,56H,13-20,45H2,1-8H3,(H2,46,57)(H2,47,58)(H,48,62)(H,49,63)(H,50,66)(H,51,60)(H,52,61)(H,53,64)(H,54,65)(H,55,59)(H,67,68)/t24-,27-,28-,29-,30-,31-,32-,36-/m0/s1. The number of rotatable bonds is 31. The van der Waals surface area contributed by atoms with E-state index in [9.17, 15) is 63.0 Å². The number of aromatic hydroxyl groups is 1. The maximum atomic E-state index is 13.8. The van der Waals surface area contributed by atoms with Crippen LogP contribution >= 0.6 is 11.8 Å². The van der Waals surface area contributed by atoms with Crippen molar-refractivity contribution in [2.24, 2.45) is 35.0 Å². The number of phenols is 1. The summed E-state index contributed by atoms with van der Waals surface area (Å²) in [5, 5.41) is 38.9. The number of amides is 10. The Bertz CT molecular complexity index is 1970. The highest BCUT2D eigenvalue weighted by Gasteiger charge is 2.34. The van der Waals surface area contributed by atoms with Crippen molar-refractivity contribution in [2.45, 2.75) is 135 Å². The van der Waals surface area contributed by atoms with Crippen LogP contribution < -0.4 is 59.7 Å². The van der Waals surface area contributed by atoms with Crippen LogP contribution in [-0.2, 0) is 59.2 Å². The van der Waals surface area contributed by atoms with Crippen molar-refractivity contribution in [2.75, 3.05) is 18.6 Å². The van der Waals surface area contributed by atoms with Crippen LogP contribution in [0.25, 0.3) is 0 Å². The number of hydrogen-bond acceptors (Lipinski definition) is 14. The van der Waals surface area contributed by atoms with Crippen LogP contribution in [0.1, 0.15) is 86.1 Å². The smallest absolute Gasteiger partial charge is 0.326 e. The highest BCUT2D eigenvalue weighted by molar-refractivity contribution is 7.98. The van der Waals surface area contributed by atoms with Crippen LogP contribution in [0.5, 0.6) is 5.75 Å². The summed E-state index contributed by atoms with van der Waals surface area (Å²) in [6.45, 7) is 10.9. The third-order valence-electron chi connectivity index (χ3n) is 10.2. The molecule has 0 unspecified atom stereocenters. The summed E-state index contributed by atoms with van der Waals surface area (Å²) in [6.07, 6.45) is 0.506. The summed E-state index contributed by atoms with van der Waals surface area (Å²) in [4.78, 5) is 142. The van der Waals surface area contributed by atoms with E-state index in [1.807, 2.05) is 0 Å². The number of carboxylic acid groups (broad SMARTS) is 1. The summed E-state index contributed by atoms with van der Waals surface area (Å²) in [5.74, 6) is -10.6. The van der Waals surface area contributed by atoms with E-state index in [0.717, 1.165) is 0 Å². The van der Waals surface area contributed by atoms with E-state index in [1.165, 1.54) is 43.0 Å². The van der Waals surface area contributed by atoms with Crippen LogP contribution in [0.3, 0.4) is 0 Å². The molecule has 386 valence electrons. The first kappa shape index (κ1) is 60.5. The average molecular weight is 994 g/mol. The quantitative estimate of drug-likeness (QED) is 0.0356. The molecule has 0 saturated heterocycles. The highest BCUT2D eigenvalue weighted by atomic mass is 32.2. The molecule has 1 aromatic carbocycles. The molecule has 8 atom stereocenters. The lowest BCUT2D eigenvalue weighted by molar-refractivity contribution is -0.143. The fourth-order valence-electron chi connectivity index (χ4n) is 6.51. The van der Waals surface area contributed by atoms with E-state index in [2.05, 4.69) is 42.5 Å². The monoisotopic (exact) mass is 993 g/mol. The second kappa shape index (κ2) is 30.1. The van der Waals surface area contributed by atoms with E-state index in [-0.39, 0.29) is 43.3 Å². The number of carbonyl (C=O) groups is 11. The van der Waals surface area contributed by atoms with Crippen LogP contribution in [0.15, 0.2) is 24.3 Å². The van der Waals surface area contributed by atoms with Gasteiger partial charge in [-0.2, -0.15) is 11.8 Å². The molecular weight excluding hydrogens is 923 g/mol. The highest BCUT2D eigenvalue weighted by Crippen LogP contribution is 2.13. The van der Waals surface area contributed by atoms with Gasteiger partial charge < -0.3 is 69.9 Å². The number of nitrogens with one attached hydrogen (secondary N) is 8. The van der Waals surface area contributed by atoms with Gasteiger partial charge in [0.15, 0.2) is 0 Å². The number of nitrogens with two attached hydrogens (primary N) is 3. The van der Waals surface area contributed by atoms with Gasteiger partial charge >= 0.3 is 5.97 Å². The molecule has 1 aromatic rings. The van der Waals surface area contributed by atoms with Crippen LogP contribution in [-0.4, -0.2) is 142 Å². The van der Waals surface area contributed by atoms with Crippen molar-refractivity contribution < 1.29 is 63.0 Å². The molecule has 1 rings (SSSR count). The molecule has 0 fully saturated rings. The van der Waals surface area contributed by atoms with Gasteiger partial charge in [-0.3, -0.25) is 47.9 Å². The van der Waals surface area contributed by atoms with E-state index in [0.29, 0.717) is 11.3 Å². The third kappa shape index (κ3) is 23.4. The number of carbonyl (C=O) groups excluding carboxylic acids is 10. The van der Waals surface area contributed by atoms with Crippen molar-refractivity contribution in [1.29, 1.82) is 0 Å². The molecule has 0 aliphatic carbocycles. The van der Waals surface area contributed by atoms with Crippen molar-refractivity contribution in [1.82, 2.24) is 42.5 Å². The molecule has 0 bridgehead atoms. The molecule has 0 aromatic heterocycles. The minimum absolute atomic E-state index is 0.00407. The molecule has 69 heavy (non-hydrogen) atoms. The SMILES string of the molecule is CSCC[C@H](NC(=O)[C@H](CC(N)=O)NC(=O)[C@H](CC(C)C)NC(=O)[C@H](CC(C)C)NC(=O)[C@@H](N)CC(N)=O)C(=O)N[C@@H](C)C(=O)N[C@@H](Cc1ccc(O)cc1)C(=O)NCC(=O)N[C@H](C(=O)O)C(C)C. The van der Waals surface area contributed by atoms with Crippen LogP contribution in [0.2, 0.25) is 0 Å². The predicted molar refractivity (Wildman–Crippen MR) is 254 cm³/mol. The molecule has 24 nitrogen and oxygen atoms in total. The van der Waals surface area contributed by atoms with E-state index < -0.39 is 139 Å². The Kier molecular flexibility index (Phi) is 26.4. The molecule has 0 aliphatic heterocycles. The lowest BCUT2D eigenvalue weighted by Crippen LogP contribution is -2.60. The molecule has 0 radical (unpaired) electrons. The second-order valence-corrected chi connectivity index (χ2v) is 18.7. The molecule has 0 saturated carbocycles. The Morgan fingerprint density at radius 2 is 1.04 bits per heavy atom. The van der Waals surface area contributed by atoms with Crippen molar-refractivity contribution in [3.63, 3.8) is 0 Å². The summed E-state index contributed by atoms with van der Waals surface area (Å²) in [7, 11) is 0. The zero-order chi connectivity index (χ0) is 52.7. The summed E-state index contributed by atoms with van der Waals surface area (Å²) in [6, 6.07) is -5.11. The fraction of sp³-hybridized carbons (Fsp3) is 0.614. The van der Waals surface area contributed by atoms with Gasteiger partial charge in [-0.1, -0.05) is 53.7 Å². The number of carboxylic acids is 1. The van der Waals surface area contributed by atoms with Gasteiger partial charge in [0, 0.05) is 6.42 Å². The number of phenolic OH excluding ortho intramolecular Hbond substituents is 1. The fourth-order valence-corrected chi connectivity index (χ4v) is 6.98. The van der Waals surface area contributed by atoms with Crippen molar-refractivity contribution in [3.8, 4) is 5.75 Å². The maximum Gasteiger partial charge on any atom is 0.326 e. The van der Waals surface area contributed by atoms with Gasteiger partial charge in [-0.05, 0) is 73.6 Å². The normalized spacial score (nSPS) is 14.6. The minimum atomic E-state index is -1.66. The molecule has 0 heterocycles. The lowest BCUT2D eigenvalue weighted by Gasteiger charge is -2.28. The molecule has 0 aliphatic rings. The van der Waals surface area contributed by atoms with Gasteiger partial charge in [0.1, 0.15) is 48.0 Å². The van der Waals surface area contributed by atoms with E-state index in [1.54, 1.807) is 47.8 Å². The second-order valence-electron chi connectivity index (χ2n) is 17.7. The van der Waals surface area contributed by atoms with Crippen LogP contribution in [0.4, 0.5) is 0 Å². The summed E-state index contributed by atoms with van der Waals surface area (Å²) < 4.78 is 0. The first-order valence-electron chi connectivity index (χ1n) is 22.4. The third-order valence-corrected chi connectivity index (χ3v) is 10.8. The topological polar surface area (TPSA) is 403 Å². The molecule has 25 heteroatoms. The molecular formula is C44H71N11O13S. The Morgan fingerprint density at radius 3 is 1.52 bits per heavy atom. The number of aliphatic carboxylic acids is 1. The maximum absolute atomic E-state index is 13.8. The number of thioether (sulfide) groups is 1. The molecule has 10 amide bonds. The number of benzene rings is 1. The average Bonchev–Trinajstić information content (AvgIpc) is 3.24. The van der Waals surface area contributed by atoms with Crippen molar-refractivity contribution in [3.05, 3.63) is 29.8 Å². The van der Waals surface area contributed by atoms with Gasteiger partial charge in [0.2, 0.25) is 59.1 Å². The minimum Gasteiger partial charge on any atom is -0.508 e. The van der Waals surface area contributed by atoms with Gasteiger partial charge in [0.25, 0.3) is 0 Å². The Balaban J connectivity index is 3.29. The Morgan fingerprint density at radius 1 is 0.580 bits per heavy atom. The lowest BCUT2D eigenvalue weighted by atomic mass is 9.99. The van der Waals surface area contributed by atoms with Gasteiger partial charge in [0.05, 0.1) is 25.4 Å². The van der Waals surface area contributed by atoms with E-state index >= 15 is 0 Å². The summed E-state index contributed by atoms with van der Waals surface area (Å²) >= 11 is 1.32. The first-order chi connectivity index (χ1) is 32.1. The van der Waals surface area contributed by atoms with E-state index in [4.69, 9.17) is 17.2 Å². The largest absolute Gasteiger partial charge is 0.508 e. The van der Waals surface area contributed by atoms with Gasteiger partial charge in [-0.15, -0.1) is 0 Å². The summed E-state index contributed by atoms with van der Waals surface area (Å²) in [5.41, 5.74) is 16.9. The van der Waals surface area contributed by atoms with Crippen LogP contribution in [0, 0.1) is 17.8 Å². The number of hydrogen-bond donors (Lipinski definition) is 13. The number of primary amides is 2. The molecule has 16 N–H and O–H groups in total. The molecule has 0 spiro atoms. The Hall–Kier alpha value is -6.50. The van der Waals surface area contributed by atoms with Crippen molar-refractivity contribution >= 4 is 76.8 Å². The predicted octanol–water partition coefficient (Wildman–Crippen LogP) is -2.87. The zero-order valence-electron chi connectivity index (χ0n) is 40.3. The Labute approximate surface area is 405 Å². The zero-order valence-corrected chi connectivity index (χ0v) is 41.2. The first-order valence-corrected chi connectivity index (χ1v) is 23.8. The van der Waals surface area contributed by atoms with Gasteiger partial charge in [-0.25, -0.2) is 4.79 Å².